The summed E-state index contributed by atoms with van der Waals surface area (Å²) in [6.07, 6.45) is 5.15. The van der Waals surface area contributed by atoms with Gasteiger partial charge in [0.05, 0.1) is 0 Å². The van der Waals surface area contributed by atoms with E-state index in [4.69, 9.17) is 0 Å². The van der Waals surface area contributed by atoms with Gasteiger partial charge in [0.25, 0.3) is 0 Å². The topological polar surface area (TPSA) is 41.1 Å². The number of piperidine rings is 1. The van der Waals surface area contributed by atoms with Crippen molar-refractivity contribution in [1.82, 2.24) is 10.6 Å². The molecule has 0 saturated carbocycles. The number of carbonyl (C=O) groups is 1. The minimum atomic E-state index is 0.228. The molecule has 3 heteroatoms. The first-order valence-electron chi connectivity index (χ1n) is 8.29. The van der Waals surface area contributed by atoms with Crippen LogP contribution in [0.1, 0.15) is 37.3 Å². The van der Waals surface area contributed by atoms with Gasteiger partial charge >= 0.3 is 0 Å². The van der Waals surface area contributed by atoms with Gasteiger partial charge < -0.3 is 10.6 Å². The third-order valence-electron chi connectivity index (χ3n) is 5.06. The third-order valence-corrected chi connectivity index (χ3v) is 5.06. The highest BCUT2D eigenvalue weighted by Crippen LogP contribution is 2.24. The summed E-state index contributed by atoms with van der Waals surface area (Å²) in [7, 11) is 0. The number of nitrogens with one attached hydrogen (secondary N) is 2. The number of hydrogen-bond acceptors (Lipinski definition) is 2. The second kappa shape index (κ2) is 6.61. The van der Waals surface area contributed by atoms with E-state index in [1.54, 1.807) is 0 Å². The van der Waals surface area contributed by atoms with Gasteiger partial charge in [-0.05, 0) is 61.7 Å². The van der Waals surface area contributed by atoms with Gasteiger partial charge in [0.2, 0.25) is 5.91 Å². The molecule has 0 radical (unpaired) electrons. The van der Waals surface area contributed by atoms with E-state index in [-0.39, 0.29) is 5.91 Å². The van der Waals surface area contributed by atoms with Crippen LogP contribution in [0, 0.1) is 11.8 Å². The molecule has 1 fully saturated rings. The number of carbonyl (C=O) groups excluding carboxylic acids is 1. The fourth-order valence-electron chi connectivity index (χ4n) is 3.77. The van der Waals surface area contributed by atoms with Gasteiger partial charge in [0, 0.05) is 12.5 Å². The Labute approximate surface area is 127 Å². The zero-order chi connectivity index (χ0) is 14.7. The van der Waals surface area contributed by atoms with Crippen molar-refractivity contribution in [3.63, 3.8) is 0 Å². The van der Waals surface area contributed by atoms with E-state index in [1.165, 1.54) is 24.0 Å². The second-order valence-corrected chi connectivity index (χ2v) is 6.73. The van der Waals surface area contributed by atoms with Crippen molar-refractivity contribution in [1.29, 1.82) is 0 Å². The molecule has 2 unspecified atom stereocenters. The summed E-state index contributed by atoms with van der Waals surface area (Å²) in [5.41, 5.74) is 2.79. The van der Waals surface area contributed by atoms with Crippen LogP contribution in [-0.4, -0.2) is 25.0 Å². The fourth-order valence-corrected chi connectivity index (χ4v) is 3.77. The molecular formula is C18H26N2O. The van der Waals surface area contributed by atoms with Crippen molar-refractivity contribution in [2.24, 2.45) is 11.8 Å². The summed E-state index contributed by atoms with van der Waals surface area (Å²) < 4.78 is 0. The molecule has 1 amide bonds. The molecule has 1 aromatic rings. The van der Waals surface area contributed by atoms with E-state index >= 15 is 0 Å². The Kier molecular flexibility index (Phi) is 4.59. The van der Waals surface area contributed by atoms with Gasteiger partial charge in [-0.1, -0.05) is 31.2 Å². The summed E-state index contributed by atoms with van der Waals surface area (Å²) in [6, 6.07) is 8.82. The van der Waals surface area contributed by atoms with E-state index in [0.717, 1.165) is 25.9 Å². The molecule has 1 aromatic carbocycles. The van der Waals surface area contributed by atoms with E-state index in [0.29, 0.717) is 24.3 Å². The Hall–Kier alpha value is -1.35. The maximum Gasteiger partial charge on any atom is 0.220 e. The van der Waals surface area contributed by atoms with Crippen molar-refractivity contribution >= 4 is 5.91 Å². The number of rotatable bonds is 4. The van der Waals surface area contributed by atoms with Gasteiger partial charge in [0.1, 0.15) is 0 Å². The Balaban J connectivity index is 1.47. The molecular weight excluding hydrogens is 260 g/mol. The first kappa shape index (κ1) is 14.6. The largest absolute Gasteiger partial charge is 0.353 e. The number of amides is 1. The van der Waals surface area contributed by atoms with Crippen LogP contribution >= 0.6 is 0 Å². The monoisotopic (exact) mass is 286 g/mol. The lowest BCUT2D eigenvalue weighted by atomic mass is 9.85. The summed E-state index contributed by atoms with van der Waals surface area (Å²) >= 11 is 0. The van der Waals surface area contributed by atoms with Gasteiger partial charge in [0.15, 0.2) is 0 Å². The molecule has 1 aliphatic carbocycles. The number of benzene rings is 1. The van der Waals surface area contributed by atoms with Gasteiger partial charge in [-0.2, -0.15) is 0 Å². The molecule has 2 aliphatic rings. The minimum absolute atomic E-state index is 0.228. The van der Waals surface area contributed by atoms with Crippen LogP contribution < -0.4 is 10.6 Å². The van der Waals surface area contributed by atoms with Crippen LogP contribution in [0.25, 0.3) is 0 Å². The van der Waals surface area contributed by atoms with E-state index in [1.807, 2.05) is 0 Å². The lowest BCUT2D eigenvalue weighted by Crippen LogP contribution is -2.39. The highest BCUT2D eigenvalue weighted by molar-refractivity contribution is 5.76. The predicted octanol–water partition coefficient (Wildman–Crippen LogP) is 2.30. The Morgan fingerprint density at radius 3 is 2.67 bits per heavy atom. The van der Waals surface area contributed by atoms with Crippen LogP contribution in [-0.2, 0) is 17.6 Å². The Morgan fingerprint density at radius 2 is 2.05 bits per heavy atom. The van der Waals surface area contributed by atoms with Crippen LogP contribution in [0.4, 0.5) is 0 Å². The molecule has 0 spiro atoms. The molecule has 1 aliphatic heterocycles. The zero-order valence-corrected chi connectivity index (χ0v) is 12.9. The van der Waals surface area contributed by atoms with Crippen LogP contribution in [0.2, 0.25) is 0 Å². The van der Waals surface area contributed by atoms with Crippen LogP contribution in [0.5, 0.6) is 0 Å². The first-order chi connectivity index (χ1) is 10.2. The van der Waals surface area contributed by atoms with E-state index in [2.05, 4.69) is 41.8 Å². The zero-order valence-electron chi connectivity index (χ0n) is 12.9. The molecule has 2 atom stereocenters. The molecule has 0 aromatic heterocycles. The van der Waals surface area contributed by atoms with Crippen molar-refractivity contribution in [2.75, 3.05) is 13.1 Å². The lowest BCUT2D eigenvalue weighted by Gasteiger charge is -2.28. The third kappa shape index (κ3) is 3.65. The van der Waals surface area contributed by atoms with E-state index < -0.39 is 0 Å². The molecule has 2 N–H and O–H groups in total. The molecule has 0 bridgehead atoms. The number of fused-ring (bicyclic) bond motifs is 1. The number of hydrogen-bond donors (Lipinski definition) is 2. The lowest BCUT2D eigenvalue weighted by molar-refractivity contribution is -0.123. The first-order valence-corrected chi connectivity index (χ1v) is 8.29. The van der Waals surface area contributed by atoms with Crippen LogP contribution in [0.15, 0.2) is 24.3 Å². The highest BCUT2D eigenvalue weighted by Gasteiger charge is 2.25. The summed E-state index contributed by atoms with van der Waals surface area (Å²) in [6.45, 7) is 4.43. The fraction of sp³-hybridized carbons (Fsp3) is 0.611. The standard InChI is InChI=1S/C18H26N2O/c1-13(16-7-4-8-19-12-16)9-18(21)20-17-10-14-5-2-3-6-15(14)11-17/h2-3,5-6,13,16-17,19H,4,7-12H2,1H3,(H,20,21). The average molecular weight is 286 g/mol. The summed E-state index contributed by atoms with van der Waals surface area (Å²) in [5, 5.41) is 6.68. The van der Waals surface area contributed by atoms with Crippen molar-refractivity contribution in [3.05, 3.63) is 35.4 Å². The second-order valence-electron chi connectivity index (χ2n) is 6.73. The summed E-state index contributed by atoms with van der Waals surface area (Å²) in [5.74, 6) is 1.36. The summed E-state index contributed by atoms with van der Waals surface area (Å²) in [4.78, 5) is 12.3. The van der Waals surface area contributed by atoms with Crippen molar-refractivity contribution in [2.45, 2.75) is 45.1 Å². The van der Waals surface area contributed by atoms with Crippen LogP contribution in [0.3, 0.4) is 0 Å². The normalized spacial score (nSPS) is 23.6. The Morgan fingerprint density at radius 1 is 1.33 bits per heavy atom. The molecule has 21 heavy (non-hydrogen) atoms. The smallest absolute Gasteiger partial charge is 0.220 e. The molecule has 3 nitrogen and oxygen atoms in total. The molecule has 1 saturated heterocycles. The average Bonchev–Trinajstić information content (AvgIpc) is 2.90. The maximum absolute atomic E-state index is 12.3. The van der Waals surface area contributed by atoms with Crippen molar-refractivity contribution in [3.8, 4) is 0 Å². The molecule has 114 valence electrons. The van der Waals surface area contributed by atoms with Crippen molar-refractivity contribution < 1.29 is 4.79 Å². The maximum atomic E-state index is 12.3. The molecule has 3 rings (SSSR count). The van der Waals surface area contributed by atoms with Gasteiger partial charge in [-0.15, -0.1) is 0 Å². The van der Waals surface area contributed by atoms with Gasteiger partial charge in [-0.25, -0.2) is 0 Å². The SMILES string of the molecule is CC(CC(=O)NC1Cc2ccccc2C1)C1CCCNC1. The predicted molar refractivity (Wildman–Crippen MR) is 85.2 cm³/mol. The van der Waals surface area contributed by atoms with E-state index in [9.17, 15) is 4.79 Å². The molecule has 1 heterocycles. The Bertz CT molecular complexity index is 469. The minimum Gasteiger partial charge on any atom is -0.353 e. The van der Waals surface area contributed by atoms with Gasteiger partial charge in [-0.3, -0.25) is 4.79 Å². The quantitative estimate of drug-likeness (QED) is 0.891. The highest BCUT2D eigenvalue weighted by atomic mass is 16.1.